The highest BCUT2D eigenvalue weighted by Crippen LogP contribution is 2.28. The first-order chi connectivity index (χ1) is 12.0. The lowest BCUT2D eigenvalue weighted by molar-refractivity contribution is -0.146. The summed E-state index contributed by atoms with van der Waals surface area (Å²) in [6.07, 6.45) is 0.778. The van der Waals surface area contributed by atoms with Crippen LogP contribution in [0.4, 0.5) is 0 Å². The van der Waals surface area contributed by atoms with Gasteiger partial charge in [0.25, 0.3) is 0 Å². The van der Waals surface area contributed by atoms with Gasteiger partial charge >= 0.3 is 5.97 Å². The predicted octanol–water partition coefficient (Wildman–Crippen LogP) is 3.61. The Balaban J connectivity index is 1.91. The number of carbonyl (C=O) groups is 2. The number of thiazole rings is 1. The number of aromatic nitrogens is 1. The molecule has 2 rings (SSSR count). The lowest BCUT2D eigenvalue weighted by Crippen LogP contribution is -2.46. The van der Waals surface area contributed by atoms with Crippen molar-refractivity contribution >= 4 is 35.0 Å². The van der Waals surface area contributed by atoms with Gasteiger partial charge in [0.2, 0.25) is 5.91 Å². The van der Waals surface area contributed by atoms with E-state index in [2.05, 4.69) is 10.3 Å². The van der Waals surface area contributed by atoms with E-state index in [9.17, 15) is 9.59 Å². The van der Waals surface area contributed by atoms with Gasteiger partial charge in [-0.2, -0.15) is 0 Å². The number of benzene rings is 1. The average Bonchev–Trinajstić information content (AvgIpc) is 3.13. The number of ether oxygens (including phenoxy) is 1. The smallest absolute Gasteiger partial charge is 0.328 e. The molecule has 0 aliphatic heterocycles. The second-order valence-corrected chi connectivity index (χ2v) is 7.69. The Labute approximate surface area is 156 Å². The van der Waals surface area contributed by atoms with Crippen molar-refractivity contribution in [3.8, 4) is 11.3 Å². The molecule has 7 heteroatoms. The number of hydrogen-bond acceptors (Lipinski definition) is 6. The Morgan fingerprint density at radius 2 is 2.04 bits per heavy atom. The van der Waals surface area contributed by atoms with Gasteiger partial charge in [-0.1, -0.05) is 62.4 Å². The van der Waals surface area contributed by atoms with Crippen molar-refractivity contribution in [3.05, 3.63) is 35.7 Å². The summed E-state index contributed by atoms with van der Waals surface area (Å²) in [5.74, 6) is -0.373. The molecule has 5 nitrogen and oxygen atoms in total. The fourth-order valence-corrected chi connectivity index (χ4v) is 3.85. The van der Waals surface area contributed by atoms with Crippen LogP contribution >= 0.6 is 23.1 Å². The monoisotopic (exact) mass is 378 g/mol. The molecule has 1 amide bonds. The first-order valence-corrected chi connectivity index (χ1v) is 9.92. The van der Waals surface area contributed by atoms with Crippen molar-refractivity contribution in [1.82, 2.24) is 10.3 Å². The molecule has 0 spiro atoms. The lowest BCUT2D eigenvalue weighted by atomic mass is 9.99. The molecule has 0 bridgehead atoms. The molecule has 1 N–H and O–H groups in total. The van der Waals surface area contributed by atoms with Crippen molar-refractivity contribution in [2.24, 2.45) is 5.92 Å². The molecule has 0 saturated carbocycles. The normalized spacial score (nSPS) is 13.1. The molecule has 0 fully saturated rings. The summed E-state index contributed by atoms with van der Waals surface area (Å²) in [6.45, 7) is 3.89. The van der Waals surface area contributed by atoms with E-state index < -0.39 is 12.0 Å². The third-order valence-electron chi connectivity index (χ3n) is 3.86. The molecular weight excluding hydrogens is 356 g/mol. The van der Waals surface area contributed by atoms with Gasteiger partial charge in [0.05, 0.1) is 18.6 Å². The number of rotatable bonds is 8. The summed E-state index contributed by atoms with van der Waals surface area (Å²) < 4.78 is 5.61. The van der Waals surface area contributed by atoms with Gasteiger partial charge in [0.15, 0.2) is 4.34 Å². The quantitative estimate of drug-likeness (QED) is 0.561. The second kappa shape index (κ2) is 9.58. The Bertz CT molecular complexity index is 703. The van der Waals surface area contributed by atoms with Crippen molar-refractivity contribution in [2.45, 2.75) is 30.6 Å². The molecule has 1 aromatic heterocycles. The molecule has 134 valence electrons. The van der Waals surface area contributed by atoms with E-state index in [1.807, 2.05) is 49.6 Å². The van der Waals surface area contributed by atoms with Crippen molar-refractivity contribution in [2.75, 3.05) is 12.9 Å². The number of methoxy groups -OCH3 is 1. The van der Waals surface area contributed by atoms with E-state index in [1.54, 1.807) is 0 Å². The zero-order valence-corrected chi connectivity index (χ0v) is 16.2. The molecule has 0 aliphatic carbocycles. The third kappa shape index (κ3) is 5.57. The van der Waals surface area contributed by atoms with Crippen molar-refractivity contribution in [3.63, 3.8) is 0 Å². The number of thioether (sulfide) groups is 1. The molecule has 2 atom stereocenters. The first-order valence-electron chi connectivity index (χ1n) is 8.06. The van der Waals surface area contributed by atoms with Crippen LogP contribution in [-0.2, 0) is 14.3 Å². The summed E-state index contributed by atoms with van der Waals surface area (Å²) in [4.78, 5) is 28.6. The van der Waals surface area contributed by atoms with E-state index >= 15 is 0 Å². The SMILES string of the molecule is CC[C@@H](C)[C@H](NC(=O)CSc1nc(-c2ccccc2)cs1)C(=O)OC. The third-order valence-corrected chi connectivity index (χ3v) is 5.89. The summed E-state index contributed by atoms with van der Waals surface area (Å²) in [5, 5.41) is 4.75. The number of carbonyl (C=O) groups excluding carboxylic acids is 2. The van der Waals surface area contributed by atoms with Crippen LogP contribution in [0.25, 0.3) is 11.3 Å². The van der Waals surface area contributed by atoms with Crippen molar-refractivity contribution < 1.29 is 14.3 Å². The van der Waals surface area contributed by atoms with E-state index in [0.29, 0.717) is 0 Å². The van der Waals surface area contributed by atoms with Gasteiger partial charge in [-0.3, -0.25) is 4.79 Å². The standard InChI is InChI=1S/C18H22N2O3S2/c1-4-12(2)16(17(22)23-3)20-15(21)11-25-18-19-14(10-24-18)13-8-6-5-7-9-13/h5-10,12,16H,4,11H2,1-3H3,(H,20,21)/t12-,16+/m1/s1. The number of amides is 1. The maximum Gasteiger partial charge on any atom is 0.328 e. The average molecular weight is 379 g/mol. The van der Waals surface area contributed by atoms with E-state index in [4.69, 9.17) is 4.74 Å². The molecule has 0 saturated heterocycles. The Morgan fingerprint density at radius 3 is 2.68 bits per heavy atom. The number of nitrogens with one attached hydrogen (secondary N) is 1. The maximum absolute atomic E-state index is 12.2. The minimum absolute atomic E-state index is 0.0194. The van der Waals surface area contributed by atoms with Gasteiger partial charge in [-0.25, -0.2) is 9.78 Å². The van der Waals surface area contributed by atoms with Crippen LogP contribution in [0.3, 0.4) is 0 Å². The van der Waals surface area contributed by atoms with Gasteiger partial charge in [-0.05, 0) is 5.92 Å². The number of esters is 1. The maximum atomic E-state index is 12.2. The van der Waals surface area contributed by atoms with E-state index in [-0.39, 0.29) is 17.6 Å². The minimum atomic E-state index is -0.612. The Morgan fingerprint density at radius 1 is 1.32 bits per heavy atom. The molecule has 2 aromatic rings. The van der Waals surface area contributed by atoms with Crippen LogP contribution in [0.2, 0.25) is 0 Å². The van der Waals surface area contributed by atoms with Gasteiger partial charge in [0, 0.05) is 10.9 Å². The zero-order valence-electron chi connectivity index (χ0n) is 14.5. The highest BCUT2D eigenvalue weighted by Gasteiger charge is 2.26. The topological polar surface area (TPSA) is 68.3 Å². The summed E-state index contributed by atoms with van der Waals surface area (Å²) in [7, 11) is 1.33. The Kier molecular flexibility index (Phi) is 7.46. The van der Waals surface area contributed by atoms with Crippen LogP contribution < -0.4 is 5.32 Å². The molecule has 0 aliphatic rings. The molecule has 1 aromatic carbocycles. The molecule has 0 unspecified atom stereocenters. The molecule has 0 radical (unpaired) electrons. The first kappa shape index (κ1) is 19.5. The number of hydrogen-bond donors (Lipinski definition) is 1. The molecule has 1 heterocycles. The summed E-state index contributed by atoms with van der Waals surface area (Å²) in [6, 6.07) is 9.30. The zero-order chi connectivity index (χ0) is 18.2. The fourth-order valence-electron chi connectivity index (χ4n) is 2.20. The highest BCUT2D eigenvalue weighted by atomic mass is 32.2. The summed E-state index contributed by atoms with van der Waals surface area (Å²) in [5.41, 5.74) is 1.96. The van der Waals surface area contributed by atoms with Gasteiger partial charge in [-0.15, -0.1) is 11.3 Å². The molecular formula is C18H22N2O3S2. The largest absolute Gasteiger partial charge is 0.467 e. The number of nitrogens with zero attached hydrogens (tertiary/aromatic N) is 1. The molecule has 25 heavy (non-hydrogen) atoms. The lowest BCUT2D eigenvalue weighted by Gasteiger charge is -2.21. The van der Waals surface area contributed by atoms with Crippen LogP contribution in [-0.4, -0.2) is 35.8 Å². The van der Waals surface area contributed by atoms with E-state index in [0.717, 1.165) is 22.0 Å². The van der Waals surface area contributed by atoms with Crippen molar-refractivity contribution in [1.29, 1.82) is 0 Å². The van der Waals surface area contributed by atoms with Crippen LogP contribution in [0.15, 0.2) is 40.1 Å². The second-order valence-electron chi connectivity index (χ2n) is 5.61. The van der Waals surface area contributed by atoms with Crippen LogP contribution in [0.1, 0.15) is 20.3 Å². The Hall–Kier alpha value is -1.86. The van der Waals surface area contributed by atoms with Gasteiger partial charge < -0.3 is 10.1 Å². The fraction of sp³-hybridized carbons (Fsp3) is 0.389. The van der Waals surface area contributed by atoms with Crippen LogP contribution in [0, 0.1) is 5.92 Å². The summed E-state index contributed by atoms with van der Waals surface area (Å²) >= 11 is 2.87. The predicted molar refractivity (Wildman–Crippen MR) is 102 cm³/mol. The van der Waals surface area contributed by atoms with Crippen LogP contribution in [0.5, 0.6) is 0 Å². The highest BCUT2D eigenvalue weighted by molar-refractivity contribution is 8.01. The minimum Gasteiger partial charge on any atom is -0.467 e. The van der Waals surface area contributed by atoms with E-state index in [1.165, 1.54) is 30.2 Å². The van der Waals surface area contributed by atoms with Gasteiger partial charge in [0.1, 0.15) is 6.04 Å².